The van der Waals surface area contributed by atoms with E-state index in [9.17, 15) is 4.79 Å². The molecule has 0 saturated heterocycles. The monoisotopic (exact) mass is 600 g/mol. The number of rotatable bonds is 7. The van der Waals surface area contributed by atoms with Gasteiger partial charge in [-0.1, -0.05) is 79.2 Å². The second-order valence-corrected chi connectivity index (χ2v) is 13.0. The maximum atomic E-state index is 13.6. The summed E-state index contributed by atoms with van der Waals surface area (Å²) >= 11 is 5.13. The lowest BCUT2D eigenvalue weighted by molar-refractivity contribution is 0.102. The van der Waals surface area contributed by atoms with Crippen molar-refractivity contribution >= 4 is 50.1 Å². The maximum Gasteiger partial charge on any atom is 0.259 e. The quantitative estimate of drug-likeness (QED) is 0.215. The van der Waals surface area contributed by atoms with E-state index >= 15 is 0 Å². The molecule has 4 aromatic rings. The molecule has 39 heavy (non-hydrogen) atoms. The molecule has 0 radical (unpaired) electrons. The lowest BCUT2D eigenvalue weighted by atomic mass is 9.72. The summed E-state index contributed by atoms with van der Waals surface area (Å²) in [6.07, 6.45) is 4.79. The summed E-state index contributed by atoms with van der Waals surface area (Å²) in [5.41, 5.74) is 4.83. The van der Waals surface area contributed by atoms with Crippen molar-refractivity contribution in [2.24, 2.45) is 16.3 Å². The molecule has 0 unspecified atom stereocenters. The van der Waals surface area contributed by atoms with Gasteiger partial charge in [0, 0.05) is 26.8 Å². The van der Waals surface area contributed by atoms with Crippen LogP contribution in [0.3, 0.4) is 0 Å². The summed E-state index contributed by atoms with van der Waals surface area (Å²) in [4.78, 5) is 19.8. The Bertz CT molecular complexity index is 1470. The van der Waals surface area contributed by atoms with Gasteiger partial charge >= 0.3 is 0 Å². The average Bonchev–Trinajstić information content (AvgIpc) is 3.30. The number of para-hydroxylation sites is 2. The third-order valence-electron chi connectivity index (χ3n) is 7.28. The van der Waals surface area contributed by atoms with Crippen LogP contribution in [0.5, 0.6) is 5.75 Å². The zero-order valence-corrected chi connectivity index (χ0v) is 24.9. The van der Waals surface area contributed by atoms with Crippen molar-refractivity contribution in [2.45, 2.75) is 46.6 Å². The molecule has 1 heterocycles. The number of benzene rings is 3. The molecule has 0 fully saturated rings. The Morgan fingerprint density at radius 3 is 2.51 bits per heavy atom. The minimum Gasteiger partial charge on any atom is -0.488 e. The van der Waals surface area contributed by atoms with E-state index in [1.807, 2.05) is 85.1 Å². The lowest BCUT2D eigenvalue weighted by Gasteiger charge is -2.33. The molecular weight excluding hydrogens is 568 g/mol. The molecule has 0 bridgehead atoms. The van der Waals surface area contributed by atoms with Gasteiger partial charge in [-0.15, -0.1) is 11.3 Å². The Morgan fingerprint density at radius 2 is 1.77 bits per heavy atom. The van der Waals surface area contributed by atoms with E-state index in [4.69, 9.17) is 9.73 Å². The highest BCUT2D eigenvalue weighted by molar-refractivity contribution is 9.10. The van der Waals surface area contributed by atoms with E-state index in [1.165, 1.54) is 4.88 Å². The van der Waals surface area contributed by atoms with Crippen LogP contribution in [0.1, 0.15) is 59.1 Å². The minimum absolute atomic E-state index is 0.0974. The molecule has 4 nitrogen and oxygen atoms in total. The van der Waals surface area contributed by atoms with Crippen molar-refractivity contribution in [1.82, 2.24) is 0 Å². The van der Waals surface area contributed by atoms with Gasteiger partial charge in [-0.05, 0) is 78.1 Å². The number of anilines is 1. The number of carbonyl (C=O) groups is 1. The summed E-state index contributed by atoms with van der Waals surface area (Å²) < 4.78 is 7.20. The number of nitrogens with zero attached hydrogens (tertiary/aromatic N) is 1. The summed E-state index contributed by atoms with van der Waals surface area (Å²) in [5.74, 6) is 1.24. The summed E-state index contributed by atoms with van der Waals surface area (Å²) in [6, 6.07) is 25.6. The molecule has 0 saturated carbocycles. The lowest BCUT2D eigenvalue weighted by Crippen LogP contribution is -2.27. The van der Waals surface area contributed by atoms with Crippen molar-refractivity contribution in [3.05, 3.63) is 110 Å². The van der Waals surface area contributed by atoms with E-state index in [0.29, 0.717) is 18.1 Å². The number of hydrogen-bond acceptors (Lipinski definition) is 4. The van der Waals surface area contributed by atoms with Gasteiger partial charge in [0.05, 0.1) is 5.56 Å². The molecule has 1 N–H and O–H groups in total. The summed E-state index contributed by atoms with van der Waals surface area (Å²) in [7, 11) is 0. The van der Waals surface area contributed by atoms with Crippen molar-refractivity contribution in [3.8, 4) is 5.75 Å². The number of thiophene rings is 1. The molecular formula is C33H33BrN2O2S. The van der Waals surface area contributed by atoms with Crippen molar-refractivity contribution < 1.29 is 9.53 Å². The second-order valence-electron chi connectivity index (χ2n) is 11.0. The van der Waals surface area contributed by atoms with Gasteiger partial charge in [-0.3, -0.25) is 4.79 Å². The molecule has 5 rings (SSSR count). The fourth-order valence-corrected chi connectivity index (χ4v) is 6.47. The summed E-state index contributed by atoms with van der Waals surface area (Å²) in [5, 5.41) is 3.85. The van der Waals surface area contributed by atoms with Gasteiger partial charge < -0.3 is 10.1 Å². The number of ether oxygens (including phenoxy) is 1. The zero-order chi connectivity index (χ0) is 27.4. The van der Waals surface area contributed by atoms with Gasteiger partial charge in [0.1, 0.15) is 17.4 Å². The summed E-state index contributed by atoms with van der Waals surface area (Å²) in [6.45, 7) is 7.39. The van der Waals surface area contributed by atoms with Crippen LogP contribution in [0.15, 0.2) is 88.3 Å². The molecule has 1 amide bonds. The van der Waals surface area contributed by atoms with Crippen LogP contribution in [0.25, 0.3) is 0 Å². The topological polar surface area (TPSA) is 50.7 Å². The van der Waals surface area contributed by atoms with Crippen molar-refractivity contribution in [1.29, 1.82) is 0 Å². The van der Waals surface area contributed by atoms with E-state index in [2.05, 4.69) is 42.0 Å². The Labute approximate surface area is 243 Å². The third-order valence-corrected chi connectivity index (χ3v) is 8.97. The van der Waals surface area contributed by atoms with Crippen LogP contribution in [0, 0.1) is 11.3 Å². The molecule has 0 spiro atoms. The first kappa shape index (κ1) is 27.4. The second kappa shape index (κ2) is 11.9. The van der Waals surface area contributed by atoms with Crippen LogP contribution in [-0.4, -0.2) is 12.1 Å². The Morgan fingerprint density at radius 1 is 1.05 bits per heavy atom. The molecule has 1 aliphatic rings. The molecule has 1 atom stereocenters. The minimum atomic E-state index is -0.0974. The highest BCUT2D eigenvalue weighted by atomic mass is 79.9. The van der Waals surface area contributed by atoms with Crippen LogP contribution in [0.2, 0.25) is 0 Å². The Kier molecular flexibility index (Phi) is 8.34. The van der Waals surface area contributed by atoms with Gasteiger partial charge in [0.2, 0.25) is 0 Å². The first-order valence-electron chi connectivity index (χ1n) is 13.3. The van der Waals surface area contributed by atoms with Crippen LogP contribution < -0.4 is 10.1 Å². The highest BCUT2D eigenvalue weighted by Gasteiger charge is 2.33. The van der Waals surface area contributed by atoms with E-state index in [1.54, 1.807) is 11.3 Å². The Hall–Kier alpha value is -3.22. The van der Waals surface area contributed by atoms with Crippen molar-refractivity contribution in [2.75, 3.05) is 5.32 Å². The number of aliphatic imine (C=N–C) groups is 1. The fourth-order valence-electron chi connectivity index (χ4n) is 4.94. The predicted molar refractivity (Wildman–Crippen MR) is 166 cm³/mol. The Balaban J connectivity index is 1.44. The number of nitrogens with one attached hydrogen (secondary N) is 1. The molecule has 3 aromatic carbocycles. The SMILES string of the molecule is CC(C)(C)[C@@H]1CCc2c(sc(N=Cc3ccccc3OCc3ccc(Br)cc3)c2C(=O)Nc2ccccc2)C1. The molecule has 1 aromatic heterocycles. The number of fused-ring (bicyclic) bond motifs is 1. The molecule has 0 aliphatic heterocycles. The predicted octanol–water partition coefficient (Wildman–Crippen LogP) is 9.24. The van der Waals surface area contributed by atoms with Gasteiger partial charge in [0.25, 0.3) is 5.91 Å². The number of hydrogen-bond donors (Lipinski definition) is 1. The standard InChI is InChI=1S/C33H33BrN2O2S/c1-33(2,3)24-15-18-27-29(19-24)39-32(30(27)31(37)36-26-10-5-4-6-11-26)35-20-23-9-7-8-12-28(23)38-21-22-13-16-25(34)17-14-22/h4-14,16-17,20,24H,15,18-19,21H2,1-3H3,(H,36,37)/t24-/m1/s1. The number of carbonyl (C=O) groups excluding carboxylic acids is 1. The molecule has 6 heteroatoms. The average molecular weight is 602 g/mol. The van der Waals surface area contributed by atoms with Crippen LogP contribution in [0.4, 0.5) is 10.7 Å². The van der Waals surface area contributed by atoms with Gasteiger partial charge in [-0.2, -0.15) is 0 Å². The maximum absolute atomic E-state index is 13.6. The molecule has 200 valence electrons. The van der Waals surface area contributed by atoms with E-state index in [-0.39, 0.29) is 11.3 Å². The number of halogens is 1. The van der Waals surface area contributed by atoms with Gasteiger partial charge in [-0.25, -0.2) is 4.99 Å². The first-order chi connectivity index (χ1) is 18.8. The third kappa shape index (κ3) is 6.68. The van der Waals surface area contributed by atoms with Gasteiger partial charge in [0.15, 0.2) is 0 Å². The van der Waals surface area contributed by atoms with E-state index in [0.717, 1.165) is 56.9 Å². The highest BCUT2D eigenvalue weighted by Crippen LogP contribution is 2.45. The largest absolute Gasteiger partial charge is 0.488 e. The van der Waals surface area contributed by atoms with Crippen LogP contribution >= 0.6 is 27.3 Å². The first-order valence-corrected chi connectivity index (χ1v) is 14.9. The smallest absolute Gasteiger partial charge is 0.259 e. The number of amides is 1. The normalized spacial score (nSPS) is 15.2. The van der Waals surface area contributed by atoms with Crippen LogP contribution in [-0.2, 0) is 19.4 Å². The van der Waals surface area contributed by atoms with Crippen molar-refractivity contribution in [3.63, 3.8) is 0 Å². The fraction of sp³-hybridized carbons (Fsp3) is 0.273. The molecule has 1 aliphatic carbocycles. The van der Waals surface area contributed by atoms with E-state index < -0.39 is 0 Å². The zero-order valence-electron chi connectivity index (χ0n) is 22.5.